The van der Waals surface area contributed by atoms with E-state index in [1.807, 2.05) is 7.05 Å². The highest BCUT2D eigenvalue weighted by Gasteiger charge is 2.33. The Morgan fingerprint density at radius 3 is 2.56 bits per heavy atom. The van der Waals surface area contributed by atoms with Gasteiger partial charge in [-0.3, -0.25) is 4.99 Å². The summed E-state index contributed by atoms with van der Waals surface area (Å²) in [4.78, 5) is 7.07. The Kier molecular flexibility index (Phi) is 9.42. The molecule has 146 valence electrons. The van der Waals surface area contributed by atoms with Gasteiger partial charge in [0, 0.05) is 50.7 Å². The summed E-state index contributed by atoms with van der Waals surface area (Å²) in [5.74, 6) is 2.12. The summed E-state index contributed by atoms with van der Waals surface area (Å²) in [5.41, 5.74) is 0. The second-order valence-electron chi connectivity index (χ2n) is 7.27. The van der Waals surface area contributed by atoms with Gasteiger partial charge in [0.05, 0.1) is 0 Å². The van der Waals surface area contributed by atoms with Gasteiger partial charge in [0.1, 0.15) is 0 Å². The summed E-state index contributed by atoms with van der Waals surface area (Å²) >= 11 is 2.07. The van der Waals surface area contributed by atoms with Crippen LogP contribution in [0.5, 0.6) is 0 Å². The van der Waals surface area contributed by atoms with E-state index in [1.54, 1.807) is 0 Å². The number of rotatable bonds is 8. The standard InChI is InChI=1S/C19H38N4OS/c1-4-6-11-23-12-7-17(8-13-23)22-18(20-3)21-16-19(25-5-2)9-14-24-15-10-19/h17H,4-16H2,1-3H3,(H2,20,21,22). The Morgan fingerprint density at radius 1 is 1.24 bits per heavy atom. The minimum atomic E-state index is 0.300. The van der Waals surface area contributed by atoms with Crippen molar-refractivity contribution in [1.29, 1.82) is 0 Å². The molecule has 0 amide bonds. The number of hydrogen-bond acceptors (Lipinski definition) is 4. The molecule has 25 heavy (non-hydrogen) atoms. The molecule has 0 spiro atoms. The van der Waals surface area contributed by atoms with Gasteiger partial charge in [-0.15, -0.1) is 0 Å². The van der Waals surface area contributed by atoms with Gasteiger partial charge in [0.15, 0.2) is 5.96 Å². The van der Waals surface area contributed by atoms with Crippen molar-refractivity contribution in [2.45, 2.75) is 63.2 Å². The van der Waals surface area contributed by atoms with Crippen molar-refractivity contribution < 1.29 is 4.74 Å². The lowest BCUT2D eigenvalue weighted by molar-refractivity contribution is 0.0781. The van der Waals surface area contributed by atoms with E-state index in [1.165, 1.54) is 45.3 Å². The first-order valence-corrected chi connectivity index (χ1v) is 11.1. The van der Waals surface area contributed by atoms with Gasteiger partial charge in [-0.25, -0.2) is 0 Å². The van der Waals surface area contributed by atoms with Crippen LogP contribution < -0.4 is 10.6 Å². The number of likely N-dealkylation sites (tertiary alicyclic amines) is 1. The predicted molar refractivity (Wildman–Crippen MR) is 110 cm³/mol. The van der Waals surface area contributed by atoms with Gasteiger partial charge in [-0.1, -0.05) is 20.3 Å². The van der Waals surface area contributed by atoms with Crippen molar-refractivity contribution in [3.8, 4) is 0 Å². The van der Waals surface area contributed by atoms with Gasteiger partial charge < -0.3 is 20.3 Å². The minimum absolute atomic E-state index is 0.300. The molecule has 2 heterocycles. The lowest BCUT2D eigenvalue weighted by Gasteiger charge is -2.37. The first-order chi connectivity index (χ1) is 12.2. The largest absolute Gasteiger partial charge is 0.381 e. The molecule has 0 atom stereocenters. The van der Waals surface area contributed by atoms with E-state index in [0.717, 1.165) is 44.3 Å². The zero-order valence-corrected chi connectivity index (χ0v) is 17.3. The monoisotopic (exact) mass is 370 g/mol. The molecule has 0 saturated carbocycles. The summed E-state index contributed by atoms with van der Waals surface area (Å²) in [5, 5.41) is 7.26. The quantitative estimate of drug-likeness (QED) is 0.508. The zero-order chi connectivity index (χ0) is 18.0. The summed E-state index contributed by atoms with van der Waals surface area (Å²) < 4.78 is 5.87. The Balaban J connectivity index is 1.75. The smallest absolute Gasteiger partial charge is 0.191 e. The lowest BCUT2D eigenvalue weighted by atomic mass is 9.99. The molecule has 6 heteroatoms. The van der Waals surface area contributed by atoms with E-state index in [0.29, 0.717) is 10.8 Å². The van der Waals surface area contributed by atoms with Crippen molar-refractivity contribution in [2.24, 2.45) is 4.99 Å². The molecule has 0 aliphatic carbocycles. The first-order valence-electron chi connectivity index (χ1n) is 10.1. The normalized spacial score (nSPS) is 22.8. The van der Waals surface area contributed by atoms with E-state index in [-0.39, 0.29) is 0 Å². The maximum absolute atomic E-state index is 5.57. The number of nitrogens with one attached hydrogen (secondary N) is 2. The number of ether oxygens (including phenoxy) is 1. The third-order valence-electron chi connectivity index (χ3n) is 5.41. The molecule has 2 saturated heterocycles. The second kappa shape index (κ2) is 11.3. The van der Waals surface area contributed by atoms with E-state index in [4.69, 9.17) is 4.74 Å². The molecule has 0 aromatic rings. The van der Waals surface area contributed by atoms with Crippen molar-refractivity contribution in [2.75, 3.05) is 52.2 Å². The van der Waals surface area contributed by atoms with Gasteiger partial charge in [0.25, 0.3) is 0 Å². The molecule has 0 aromatic carbocycles. The number of piperidine rings is 1. The molecule has 2 N–H and O–H groups in total. The number of guanidine groups is 1. The van der Waals surface area contributed by atoms with Crippen molar-refractivity contribution >= 4 is 17.7 Å². The number of aliphatic imine (C=N–C) groups is 1. The fourth-order valence-corrected chi connectivity index (χ4v) is 4.98. The van der Waals surface area contributed by atoms with Crippen LogP contribution >= 0.6 is 11.8 Å². The summed E-state index contributed by atoms with van der Waals surface area (Å²) in [6.45, 7) is 10.9. The van der Waals surface area contributed by atoms with Crippen LogP contribution in [0.2, 0.25) is 0 Å². The van der Waals surface area contributed by atoms with Gasteiger partial charge in [0.2, 0.25) is 0 Å². The summed E-state index contributed by atoms with van der Waals surface area (Å²) in [6.07, 6.45) is 7.30. The number of unbranched alkanes of at least 4 members (excludes halogenated alkanes) is 1. The second-order valence-corrected chi connectivity index (χ2v) is 9.00. The van der Waals surface area contributed by atoms with E-state index in [9.17, 15) is 0 Å². The maximum atomic E-state index is 5.57. The number of thioether (sulfide) groups is 1. The fraction of sp³-hybridized carbons (Fsp3) is 0.947. The van der Waals surface area contributed by atoms with Crippen molar-refractivity contribution in [1.82, 2.24) is 15.5 Å². The van der Waals surface area contributed by atoms with Crippen LogP contribution in [-0.4, -0.2) is 73.8 Å². The van der Waals surface area contributed by atoms with Crippen LogP contribution in [0, 0.1) is 0 Å². The highest BCUT2D eigenvalue weighted by molar-refractivity contribution is 8.00. The highest BCUT2D eigenvalue weighted by atomic mass is 32.2. The molecule has 0 radical (unpaired) electrons. The van der Waals surface area contributed by atoms with E-state index in [2.05, 4.69) is 46.1 Å². The van der Waals surface area contributed by atoms with E-state index >= 15 is 0 Å². The third-order valence-corrected chi connectivity index (χ3v) is 6.87. The SMILES string of the molecule is CCCCN1CCC(NC(=NC)NCC2(SCC)CCOCC2)CC1. The van der Waals surface area contributed by atoms with Crippen LogP contribution in [0.15, 0.2) is 4.99 Å². The van der Waals surface area contributed by atoms with Crippen LogP contribution in [-0.2, 0) is 4.74 Å². The number of nitrogens with zero attached hydrogens (tertiary/aromatic N) is 2. The molecular weight excluding hydrogens is 332 g/mol. The Morgan fingerprint density at radius 2 is 1.96 bits per heavy atom. The maximum Gasteiger partial charge on any atom is 0.191 e. The molecule has 5 nitrogen and oxygen atoms in total. The van der Waals surface area contributed by atoms with Crippen LogP contribution in [0.4, 0.5) is 0 Å². The van der Waals surface area contributed by atoms with Gasteiger partial charge in [-0.2, -0.15) is 11.8 Å². The van der Waals surface area contributed by atoms with Crippen LogP contribution in [0.3, 0.4) is 0 Å². The van der Waals surface area contributed by atoms with Crippen molar-refractivity contribution in [3.05, 3.63) is 0 Å². The average molecular weight is 371 g/mol. The molecule has 0 bridgehead atoms. The fourth-order valence-electron chi connectivity index (χ4n) is 3.74. The van der Waals surface area contributed by atoms with Gasteiger partial charge >= 0.3 is 0 Å². The first kappa shape index (κ1) is 20.8. The summed E-state index contributed by atoms with van der Waals surface area (Å²) in [6, 6.07) is 0.550. The van der Waals surface area contributed by atoms with E-state index < -0.39 is 0 Å². The molecular formula is C19H38N4OS. The zero-order valence-electron chi connectivity index (χ0n) is 16.5. The van der Waals surface area contributed by atoms with Crippen molar-refractivity contribution in [3.63, 3.8) is 0 Å². The molecule has 2 aliphatic heterocycles. The van der Waals surface area contributed by atoms with Crippen LogP contribution in [0.25, 0.3) is 0 Å². The topological polar surface area (TPSA) is 48.9 Å². The minimum Gasteiger partial charge on any atom is -0.381 e. The molecule has 2 fully saturated rings. The third kappa shape index (κ3) is 6.99. The predicted octanol–water partition coefficient (Wildman–Crippen LogP) is 2.72. The lowest BCUT2D eigenvalue weighted by Crippen LogP contribution is -2.52. The summed E-state index contributed by atoms with van der Waals surface area (Å²) in [7, 11) is 1.88. The Hall–Kier alpha value is -0.460. The molecule has 0 unspecified atom stereocenters. The van der Waals surface area contributed by atoms with Crippen LogP contribution in [0.1, 0.15) is 52.4 Å². The van der Waals surface area contributed by atoms with Gasteiger partial charge in [-0.05, 0) is 44.4 Å². The Bertz CT molecular complexity index is 385. The molecule has 2 rings (SSSR count). The average Bonchev–Trinajstić information content (AvgIpc) is 2.65. The molecule has 0 aromatic heterocycles. The number of hydrogen-bond donors (Lipinski definition) is 2. The highest BCUT2D eigenvalue weighted by Crippen LogP contribution is 2.34. The Labute approximate surface area is 158 Å². The molecule has 2 aliphatic rings.